The van der Waals surface area contributed by atoms with Crippen LogP contribution < -0.4 is 10.1 Å². The molecule has 3 rings (SSSR count). The first-order valence-electron chi connectivity index (χ1n) is 7.64. The Kier molecular flexibility index (Phi) is 3.87. The van der Waals surface area contributed by atoms with Crippen LogP contribution >= 0.6 is 0 Å². The van der Waals surface area contributed by atoms with Crippen molar-refractivity contribution in [1.82, 2.24) is 5.32 Å². The maximum atomic E-state index is 7.96. The van der Waals surface area contributed by atoms with Crippen LogP contribution in [-0.2, 0) is 15.4 Å². The zero-order valence-corrected chi connectivity index (χ0v) is 12.6. The molecule has 0 saturated carbocycles. The van der Waals surface area contributed by atoms with E-state index in [4.69, 9.17) is 19.6 Å². The molecule has 2 aliphatic rings. The summed E-state index contributed by atoms with van der Waals surface area (Å²) < 4.78 is 17.1. The Bertz CT molecular complexity index is 538. The Balaban J connectivity index is 1.68. The first kappa shape index (κ1) is 14.4. The smallest absolute Gasteiger partial charge is 0.284 e. The highest BCUT2D eigenvalue weighted by Gasteiger charge is 2.53. The summed E-state index contributed by atoms with van der Waals surface area (Å²) in [5, 5.41) is 10.9. The molecular formula is C16H22N2O3. The summed E-state index contributed by atoms with van der Waals surface area (Å²) in [6, 6.07) is 5.70. The molecule has 0 atom stereocenters. The molecule has 1 saturated heterocycles. The number of unbranched alkanes of at least 4 members (excludes halogenated alkanes) is 3. The van der Waals surface area contributed by atoms with Gasteiger partial charge in [-0.25, -0.2) is 0 Å². The van der Waals surface area contributed by atoms with Crippen molar-refractivity contribution in [2.75, 3.05) is 6.61 Å². The molecule has 0 bridgehead atoms. The summed E-state index contributed by atoms with van der Waals surface area (Å²) in [5.74, 6) is 0.146. The maximum Gasteiger partial charge on any atom is 0.284 e. The Morgan fingerprint density at radius 3 is 2.81 bits per heavy atom. The van der Waals surface area contributed by atoms with Crippen LogP contribution in [0.3, 0.4) is 0 Å². The molecule has 2 aliphatic heterocycles. The van der Waals surface area contributed by atoms with E-state index in [-0.39, 0.29) is 6.29 Å². The van der Waals surface area contributed by atoms with E-state index < -0.39 is 5.91 Å². The lowest BCUT2D eigenvalue weighted by Crippen LogP contribution is -2.57. The van der Waals surface area contributed by atoms with E-state index in [9.17, 15) is 0 Å². The lowest BCUT2D eigenvalue weighted by molar-refractivity contribution is -0.461. The van der Waals surface area contributed by atoms with Gasteiger partial charge in [-0.2, -0.15) is 0 Å². The van der Waals surface area contributed by atoms with Crippen molar-refractivity contribution in [2.45, 2.75) is 51.7 Å². The normalized spacial score (nSPS) is 26.4. The number of ether oxygens (including phenoxy) is 3. The molecule has 1 aromatic rings. The predicted octanol–water partition coefficient (Wildman–Crippen LogP) is 3.08. The molecule has 1 fully saturated rings. The minimum atomic E-state index is -0.979. The summed E-state index contributed by atoms with van der Waals surface area (Å²) in [6.07, 6.45) is 4.48. The molecule has 0 unspecified atom stereocenters. The van der Waals surface area contributed by atoms with E-state index in [2.05, 4.69) is 12.2 Å². The van der Waals surface area contributed by atoms with Crippen molar-refractivity contribution in [3.8, 4) is 5.75 Å². The highest BCUT2D eigenvalue weighted by atomic mass is 16.9. The fourth-order valence-electron chi connectivity index (χ4n) is 2.78. The van der Waals surface area contributed by atoms with Crippen LogP contribution in [0.5, 0.6) is 5.75 Å². The summed E-state index contributed by atoms with van der Waals surface area (Å²) in [7, 11) is 0. The van der Waals surface area contributed by atoms with Crippen LogP contribution in [0.4, 0.5) is 0 Å². The van der Waals surface area contributed by atoms with Gasteiger partial charge in [-0.1, -0.05) is 26.2 Å². The first-order valence-corrected chi connectivity index (χ1v) is 7.64. The van der Waals surface area contributed by atoms with Crippen molar-refractivity contribution >= 4 is 5.84 Å². The van der Waals surface area contributed by atoms with E-state index in [0.29, 0.717) is 5.84 Å². The second-order valence-corrected chi connectivity index (χ2v) is 5.54. The summed E-state index contributed by atoms with van der Waals surface area (Å²) in [4.78, 5) is 0. The molecule has 21 heavy (non-hydrogen) atoms. The molecule has 5 nitrogen and oxygen atoms in total. The average molecular weight is 290 g/mol. The Hall–Kier alpha value is -1.59. The summed E-state index contributed by atoms with van der Waals surface area (Å²) >= 11 is 0. The zero-order chi connectivity index (χ0) is 14.9. The van der Waals surface area contributed by atoms with Gasteiger partial charge in [0.05, 0.1) is 6.61 Å². The number of fused-ring (bicyclic) bond motifs is 2. The number of amidine groups is 1. The highest BCUT2D eigenvalue weighted by molar-refractivity contribution is 6.01. The second-order valence-electron chi connectivity index (χ2n) is 5.54. The lowest BCUT2D eigenvalue weighted by atomic mass is 10.1. The minimum absolute atomic E-state index is 0.255. The van der Waals surface area contributed by atoms with Crippen molar-refractivity contribution < 1.29 is 14.2 Å². The van der Waals surface area contributed by atoms with Gasteiger partial charge in [-0.05, 0) is 31.5 Å². The van der Waals surface area contributed by atoms with Crippen molar-refractivity contribution in [3.63, 3.8) is 0 Å². The van der Waals surface area contributed by atoms with Crippen LogP contribution in [0.25, 0.3) is 0 Å². The lowest BCUT2D eigenvalue weighted by Gasteiger charge is -2.43. The van der Waals surface area contributed by atoms with E-state index in [0.717, 1.165) is 29.9 Å². The van der Waals surface area contributed by atoms with Gasteiger partial charge < -0.3 is 10.1 Å². The van der Waals surface area contributed by atoms with Crippen LogP contribution in [0.2, 0.25) is 0 Å². The molecule has 0 radical (unpaired) electrons. The van der Waals surface area contributed by atoms with Gasteiger partial charge in [0.15, 0.2) is 6.29 Å². The zero-order valence-electron chi connectivity index (χ0n) is 12.6. The van der Waals surface area contributed by atoms with Crippen LogP contribution in [0.15, 0.2) is 18.2 Å². The summed E-state index contributed by atoms with van der Waals surface area (Å²) in [6.45, 7) is 4.75. The van der Waals surface area contributed by atoms with E-state index in [1.54, 1.807) is 0 Å². The molecular weight excluding hydrogens is 268 g/mol. The Morgan fingerprint density at radius 2 is 2.10 bits per heavy atom. The van der Waals surface area contributed by atoms with E-state index in [1.165, 1.54) is 19.3 Å². The van der Waals surface area contributed by atoms with Crippen molar-refractivity contribution in [3.05, 3.63) is 29.3 Å². The second kappa shape index (κ2) is 5.66. The summed E-state index contributed by atoms with van der Waals surface area (Å²) in [5.41, 5.74) is 1.64. The molecule has 5 heteroatoms. The monoisotopic (exact) mass is 290 g/mol. The molecule has 1 aromatic carbocycles. The highest BCUT2D eigenvalue weighted by Crippen LogP contribution is 2.43. The number of nitrogens with one attached hydrogen (secondary N) is 2. The molecule has 2 heterocycles. The van der Waals surface area contributed by atoms with Crippen LogP contribution in [-0.4, -0.2) is 18.7 Å². The fourth-order valence-corrected chi connectivity index (χ4v) is 2.78. The SMILES string of the molecule is CCCCCCOc1ccc2c(c1)C1(NC2=N)OC(C)O1. The van der Waals surface area contributed by atoms with Gasteiger partial charge >= 0.3 is 0 Å². The Morgan fingerprint density at radius 1 is 1.29 bits per heavy atom. The van der Waals surface area contributed by atoms with Gasteiger partial charge in [0, 0.05) is 11.1 Å². The van der Waals surface area contributed by atoms with Gasteiger partial charge in [-0.3, -0.25) is 14.9 Å². The first-order chi connectivity index (χ1) is 10.1. The van der Waals surface area contributed by atoms with Gasteiger partial charge in [0.2, 0.25) is 0 Å². The minimum Gasteiger partial charge on any atom is -0.494 e. The predicted molar refractivity (Wildman–Crippen MR) is 79.4 cm³/mol. The third-order valence-corrected chi connectivity index (χ3v) is 3.83. The topological polar surface area (TPSA) is 63.6 Å². The Labute approximate surface area is 125 Å². The van der Waals surface area contributed by atoms with Crippen molar-refractivity contribution in [2.24, 2.45) is 0 Å². The molecule has 0 aliphatic carbocycles. The van der Waals surface area contributed by atoms with Gasteiger partial charge in [-0.15, -0.1) is 0 Å². The number of rotatable bonds is 6. The maximum absolute atomic E-state index is 7.96. The van der Waals surface area contributed by atoms with Crippen LogP contribution in [0.1, 0.15) is 50.7 Å². The third kappa shape index (κ3) is 2.63. The molecule has 114 valence electrons. The molecule has 1 spiro atoms. The molecule has 0 amide bonds. The van der Waals surface area contributed by atoms with E-state index >= 15 is 0 Å². The number of hydrogen-bond acceptors (Lipinski definition) is 4. The number of hydrogen-bond donors (Lipinski definition) is 2. The quantitative estimate of drug-likeness (QED) is 0.790. The standard InChI is InChI=1S/C16H22N2O3/c1-3-4-5-6-9-19-12-7-8-13-14(10-12)16(18-15(13)17)20-11(2)21-16/h7-8,10-11H,3-6,9H2,1-2H3,(H2,17,18). The largest absolute Gasteiger partial charge is 0.494 e. The fraction of sp³-hybridized carbons (Fsp3) is 0.562. The van der Waals surface area contributed by atoms with Gasteiger partial charge in [0.25, 0.3) is 5.91 Å². The van der Waals surface area contributed by atoms with Crippen LogP contribution in [0, 0.1) is 5.41 Å². The van der Waals surface area contributed by atoms with E-state index in [1.807, 2.05) is 25.1 Å². The van der Waals surface area contributed by atoms with Crippen molar-refractivity contribution in [1.29, 1.82) is 5.41 Å². The molecule has 0 aromatic heterocycles. The average Bonchev–Trinajstić information content (AvgIpc) is 2.72. The third-order valence-electron chi connectivity index (χ3n) is 3.83. The number of benzene rings is 1. The van der Waals surface area contributed by atoms with Gasteiger partial charge in [0.1, 0.15) is 11.6 Å². The molecule has 2 N–H and O–H groups in total.